The van der Waals surface area contributed by atoms with Gasteiger partial charge in [-0.25, -0.2) is 9.50 Å². The molecule has 128 valence electrons. The Morgan fingerprint density at radius 1 is 1.24 bits per heavy atom. The van der Waals surface area contributed by atoms with Crippen LogP contribution in [0.25, 0.3) is 5.65 Å². The summed E-state index contributed by atoms with van der Waals surface area (Å²) in [7, 11) is 0. The molecule has 1 aliphatic rings. The highest BCUT2D eigenvalue weighted by atomic mass is 16.5. The molecule has 0 aliphatic carbocycles. The molecule has 0 bridgehead atoms. The summed E-state index contributed by atoms with van der Waals surface area (Å²) in [5, 5.41) is 4.33. The summed E-state index contributed by atoms with van der Waals surface area (Å²) in [6.07, 6.45) is 1.52. The zero-order valence-corrected chi connectivity index (χ0v) is 14.3. The van der Waals surface area contributed by atoms with E-state index in [-0.39, 0.29) is 12.0 Å². The molecule has 2 aromatic heterocycles. The number of carbonyl (C=O) groups is 1. The van der Waals surface area contributed by atoms with Crippen LogP contribution < -0.4 is 0 Å². The van der Waals surface area contributed by atoms with E-state index in [2.05, 4.69) is 10.1 Å². The van der Waals surface area contributed by atoms with Crippen molar-refractivity contribution in [1.82, 2.24) is 19.5 Å². The van der Waals surface area contributed by atoms with Gasteiger partial charge in [0, 0.05) is 17.9 Å². The second-order valence-corrected chi connectivity index (χ2v) is 6.35. The predicted octanol–water partition coefficient (Wildman–Crippen LogP) is 2.56. The van der Waals surface area contributed by atoms with Gasteiger partial charge >= 0.3 is 0 Å². The highest BCUT2D eigenvalue weighted by Gasteiger charge is 2.28. The van der Waals surface area contributed by atoms with Crippen LogP contribution in [-0.4, -0.2) is 45.1 Å². The fraction of sp³-hybridized carbons (Fsp3) is 0.316. The molecule has 0 spiro atoms. The van der Waals surface area contributed by atoms with Crippen molar-refractivity contribution in [3.63, 3.8) is 0 Å². The van der Waals surface area contributed by atoms with Crippen molar-refractivity contribution in [2.75, 3.05) is 19.7 Å². The summed E-state index contributed by atoms with van der Waals surface area (Å²) < 4.78 is 7.57. The zero-order valence-electron chi connectivity index (χ0n) is 14.3. The molecule has 3 aromatic rings. The Bertz CT molecular complexity index is 920. The second-order valence-electron chi connectivity index (χ2n) is 6.35. The number of nitrogens with zero attached hydrogens (tertiary/aromatic N) is 4. The fourth-order valence-electron chi connectivity index (χ4n) is 3.29. The molecule has 1 unspecified atom stereocenters. The molecule has 0 N–H and O–H groups in total. The number of hydrogen-bond acceptors (Lipinski definition) is 4. The minimum absolute atomic E-state index is 0.0447. The molecule has 25 heavy (non-hydrogen) atoms. The highest BCUT2D eigenvalue weighted by Crippen LogP contribution is 2.24. The van der Waals surface area contributed by atoms with Crippen molar-refractivity contribution < 1.29 is 9.53 Å². The van der Waals surface area contributed by atoms with Crippen LogP contribution in [0.4, 0.5) is 0 Å². The van der Waals surface area contributed by atoms with E-state index in [9.17, 15) is 4.79 Å². The quantitative estimate of drug-likeness (QED) is 0.722. The molecule has 1 aromatic carbocycles. The molecule has 1 amide bonds. The zero-order chi connectivity index (χ0) is 17.4. The molecule has 6 nitrogen and oxygen atoms in total. The van der Waals surface area contributed by atoms with Crippen molar-refractivity contribution >= 4 is 11.6 Å². The Hall–Kier alpha value is -2.73. The van der Waals surface area contributed by atoms with E-state index in [0.717, 1.165) is 17.0 Å². The van der Waals surface area contributed by atoms with E-state index < -0.39 is 0 Å². The standard InChI is InChI=1S/C19H20N4O2/c1-13-10-14(2)23-18(21-13)16(11-20-23)19(24)22-8-9-25-17(12-22)15-6-4-3-5-7-15/h3-7,10-11,17H,8-9,12H2,1-2H3. The fourth-order valence-corrected chi connectivity index (χ4v) is 3.29. The molecule has 3 heterocycles. The molecule has 1 aliphatic heterocycles. The number of aryl methyl sites for hydroxylation is 2. The number of hydrogen-bond donors (Lipinski definition) is 0. The summed E-state index contributed by atoms with van der Waals surface area (Å²) in [5.74, 6) is -0.0447. The van der Waals surface area contributed by atoms with Crippen molar-refractivity contribution in [2.45, 2.75) is 20.0 Å². The minimum Gasteiger partial charge on any atom is -0.370 e. The first-order valence-corrected chi connectivity index (χ1v) is 8.41. The molecule has 0 saturated carbocycles. The van der Waals surface area contributed by atoms with Gasteiger partial charge in [-0.2, -0.15) is 5.10 Å². The van der Waals surface area contributed by atoms with E-state index in [1.165, 1.54) is 0 Å². The van der Waals surface area contributed by atoms with E-state index in [4.69, 9.17) is 4.74 Å². The molecule has 6 heteroatoms. The normalized spacial score (nSPS) is 17.8. The smallest absolute Gasteiger partial charge is 0.259 e. The van der Waals surface area contributed by atoms with Gasteiger partial charge in [0.05, 0.1) is 19.3 Å². The lowest BCUT2D eigenvalue weighted by Gasteiger charge is -2.33. The van der Waals surface area contributed by atoms with Gasteiger partial charge in [-0.05, 0) is 25.5 Å². The summed E-state index contributed by atoms with van der Waals surface area (Å²) in [6, 6.07) is 12.0. The minimum atomic E-state index is -0.0998. The SMILES string of the molecule is Cc1cc(C)n2ncc(C(=O)N3CCOC(c4ccccc4)C3)c2n1. The third-order valence-electron chi connectivity index (χ3n) is 4.53. The average Bonchev–Trinajstić information content (AvgIpc) is 3.06. The van der Waals surface area contributed by atoms with Crippen LogP contribution in [0, 0.1) is 13.8 Å². The number of aromatic nitrogens is 3. The number of morpholine rings is 1. The summed E-state index contributed by atoms with van der Waals surface area (Å²) in [5.41, 5.74) is 4.09. The Morgan fingerprint density at radius 2 is 2.04 bits per heavy atom. The number of benzene rings is 1. The van der Waals surface area contributed by atoms with E-state index in [0.29, 0.717) is 30.9 Å². The van der Waals surface area contributed by atoms with Gasteiger partial charge < -0.3 is 9.64 Å². The van der Waals surface area contributed by atoms with E-state index in [1.807, 2.05) is 55.1 Å². The number of amides is 1. The largest absolute Gasteiger partial charge is 0.370 e. The predicted molar refractivity (Wildman–Crippen MR) is 93.5 cm³/mol. The molecule has 1 saturated heterocycles. The van der Waals surface area contributed by atoms with Crippen LogP contribution >= 0.6 is 0 Å². The molecule has 1 atom stereocenters. The van der Waals surface area contributed by atoms with Crippen molar-refractivity contribution in [3.05, 3.63) is 65.1 Å². The first kappa shape index (κ1) is 15.8. The third kappa shape index (κ3) is 2.89. The maximum atomic E-state index is 13.1. The van der Waals surface area contributed by atoms with Gasteiger partial charge in [0.2, 0.25) is 0 Å². The van der Waals surface area contributed by atoms with Crippen LogP contribution in [0.2, 0.25) is 0 Å². The van der Waals surface area contributed by atoms with E-state index in [1.54, 1.807) is 10.7 Å². The third-order valence-corrected chi connectivity index (χ3v) is 4.53. The van der Waals surface area contributed by atoms with Gasteiger partial charge in [0.1, 0.15) is 11.7 Å². The lowest BCUT2D eigenvalue weighted by Crippen LogP contribution is -2.42. The lowest BCUT2D eigenvalue weighted by molar-refractivity contribution is -0.0227. The van der Waals surface area contributed by atoms with Crippen molar-refractivity contribution in [2.24, 2.45) is 0 Å². The topological polar surface area (TPSA) is 59.7 Å². The Balaban J connectivity index is 1.63. The molecular formula is C19H20N4O2. The van der Waals surface area contributed by atoms with Crippen LogP contribution in [0.1, 0.15) is 33.4 Å². The van der Waals surface area contributed by atoms with Gasteiger partial charge in [-0.15, -0.1) is 0 Å². The van der Waals surface area contributed by atoms with Gasteiger partial charge in [0.15, 0.2) is 5.65 Å². The number of fused-ring (bicyclic) bond motifs is 1. The number of carbonyl (C=O) groups excluding carboxylic acids is 1. The maximum Gasteiger partial charge on any atom is 0.259 e. The molecule has 1 fully saturated rings. The Kier molecular flexibility index (Phi) is 3.97. The van der Waals surface area contributed by atoms with Crippen LogP contribution in [0.5, 0.6) is 0 Å². The molecule has 0 radical (unpaired) electrons. The number of ether oxygens (including phenoxy) is 1. The average molecular weight is 336 g/mol. The molecule has 4 rings (SSSR count). The van der Waals surface area contributed by atoms with Crippen LogP contribution in [0.15, 0.2) is 42.6 Å². The first-order valence-electron chi connectivity index (χ1n) is 8.41. The lowest BCUT2D eigenvalue weighted by atomic mass is 10.1. The van der Waals surface area contributed by atoms with E-state index >= 15 is 0 Å². The summed E-state index contributed by atoms with van der Waals surface area (Å²) >= 11 is 0. The Labute approximate surface area is 146 Å². The van der Waals surface area contributed by atoms with Crippen LogP contribution in [0.3, 0.4) is 0 Å². The number of rotatable bonds is 2. The first-order chi connectivity index (χ1) is 12.1. The van der Waals surface area contributed by atoms with Crippen LogP contribution in [-0.2, 0) is 4.74 Å². The highest BCUT2D eigenvalue weighted by molar-refractivity contribution is 5.99. The Morgan fingerprint density at radius 3 is 2.84 bits per heavy atom. The monoisotopic (exact) mass is 336 g/mol. The van der Waals surface area contributed by atoms with Crippen molar-refractivity contribution in [1.29, 1.82) is 0 Å². The second kappa shape index (κ2) is 6.29. The summed E-state index contributed by atoms with van der Waals surface area (Å²) in [4.78, 5) is 19.4. The summed E-state index contributed by atoms with van der Waals surface area (Å²) in [6.45, 7) is 5.52. The molecular weight excluding hydrogens is 316 g/mol. The van der Waals surface area contributed by atoms with Gasteiger partial charge in [-0.1, -0.05) is 30.3 Å². The van der Waals surface area contributed by atoms with Gasteiger partial charge in [0.25, 0.3) is 5.91 Å². The van der Waals surface area contributed by atoms with Crippen molar-refractivity contribution in [3.8, 4) is 0 Å². The maximum absolute atomic E-state index is 13.1. The van der Waals surface area contributed by atoms with Gasteiger partial charge in [-0.3, -0.25) is 4.79 Å².